The second kappa shape index (κ2) is 8.85. The Morgan fingerprint density at radius 1 is 1.00 bits per heavy atom. The molecule has 84 valence electrons. The van der Waals surface area contributed by atoms with E-state index in [4.69, 9.17) is 11.5 Å². The van der Waals surface area contributed by atoms with Crippen molar-refractivity contribution in [3.63, 3.8) is 0 Å². The highest BCUT2D eigenvalue weighted by Gasteiger charge is 2.05. The molecule has 0 aliphatic rings. The van der Waals surface area contributed by atoms with Crippen LogP contribution < -0.4 is 11.5 Å². The molecule has 0 aliphatic heterocycles. The van der Waals surface area contributed by atoms with Gasteiger partial charge in [0.25, 0.3) is 0 Å². The molecule has 0 aromatic carbocycles. The van der Waals surface area contributed by atoms with Gasteiger partial charge in [0.2, 0.25) is 0 Å². The fourth-order valence-corrected chi connectivity index (χ4v) is 1.62. The smallest absolute Gasteiger partial charge is 0.186 e. The third-order valence-corrected chi connectivity index (χ3v) is 2.34. The van der Waals surface area contributed by atoms with Crippen LogP contribution in [-0.4, -0.2) is 12.0 Å². The number of guanidine groups is 1. The minimum absolute atomic E-state index is 0.235. The van der Waals surface area contributed by atoms with Gasteiger partial charge in [-0.05, 0) is 12.8 Å². The summed E-state index contributed by atoms with van der Waals surface area (Å²) in [5, 5.41) is 0. The molecule has 3 nitrogen and oxygen atoms in total. The van der Waals surface area contributed by atoms with E-state index in [-0.39, 0.29) is 5.96 Å². The number of unbranched alkanes of at least 4 members (excludes halogenated alkanes) is 3. The summed E-state index contributed by atoms with van der Waals surface area (Å²) in [4.78, 5) is 4.24. The number of hydrogen-bond acceptors (Lipinski definition) is 1. The standard InChI is InChI=1S/C11H25N3/c1-3-5-6-7-9-10(8-4-2)14-11(12)13/h10H,3-9H2,1-2H3,(H4,12,13,14). The van der Waals surface area contributed by atoms with Gasteiger partial charge >= 0.3 is 0 Å². The molecule has 0 heterocycles. The van der Waals surface area contributed by atoms with Crippen LogP contribution in [0.2, 0.25) is 0 Å². The molecule has 0 spiro atoms. The van der Waals surface area contributed by atoms with Crippen LogP contribution in [-0.2, 0) is 0 Å². The van der Waals surface area contributed by atoms with Crippen molar-refractivity contribution in [3.05, 3.63) is 0 Å². The van der Waals surface area contributed by atoms with E-state index in [1.165, 1.54) is 25.7 Å². The van der Waals surface area contributed by atoms with E-state index >= 15 is 0 Å². The average Bonchev–Trinajstić information content (AvgIpc) is 2.12. The molecule has 0 aromatic heterocycles. The fraction of sp³-hybridized carbons (Fsp3) is 0.909. The molecule has 3 heteroatoms. The van der Waals surface area contributed by atoms with Crippen LogP contribution in [0.25, 0.3) is 0 Å². The normalized spacial score (nSPS) is 12.4. The largest absolute Gasteiger partial charge is 0.370 e. The highest BCUT2D eigenvalue weighted by molar-refractivity contribution is 5.75. The summed E-state index contributed by atoms with van der Waals surface area (Å²) in [6, 6.07) is 0.349. The SMILES string of the molecule is CCCCCCC(CCC)N=C(N)N. The molecule has 1 atom stereocenters. The third-order valence-electron chi connectivity index (χ3n) is 2.34. The number of nitrogens with two attached hydrogens (primary N) is 2. The lowest BCUT2D eigenvalue weighted by molar-refractivity contribution is 0.518. The maximum Gasteiger partial charge on any atom is 0.186 e. The van der Waals surface area contributed by atoms with Crippen LogP contribution in [0.1, 0.15) is 58.8 Å². The van der Waals surface area contributed by atoms with E-state index in [0.717, 1.165) is 19.3 Å². The van der Waals surface area contributed by atoms with Gasteiger partial charge in [-0.25, -0.2) is 0 Å². The average molecular weight is 199 g/mol. The minimum atomic E-state index is 0.235. The van der Waals surface area contributed by atoms with Crippen molar-refractivity contribution in [1.82, 2.24) is 0 Å². The van der Waals surface area contributed by atoms with Crippen LogP contribution in [0.15, 0.2) is 4.99 Å². The highest BCUT2D eigenvalue weighted by atomic mass is 15.0. The van der Waals surface area contributed by atoms with E-state index in [1.54, 1.807) is 0 Å². The predicted molar refractivity (Wildman–Crippen MR) is 63.3 cm³/mol. The number of hydrogen-bond donors (Lipinski definition) is 2. The third kappa shape index (κ3) is 7.90. The second-order valence-electron chi connectivity index (χ2n) is 3.85. The summed E-state index contributed by atoms with van der Waals surface area (Å²) in [6.07, 6.45) is 8.53. The van der Waals surface area contributed by atoms with Crippen molar-refractivity contribution >= 4 is 5.96 Å². The molecule has 0 saturated carbocycles. The van der Waals surface area contributed by atoms with Gasteiger partial charge in [-0.2, -0.15) is 0 Å². The van der Waals surface area contributed by atoms with Crippen molar-refractivity contribution in [2.45, 2.75) is 64.8 Å². The topological polar surface area (TPSA) is 64.4 Å². The predicted octanol–water partition coefficient (Wildman–Crippen LogP) is 2.40. The van der Waals surface area contributed by atoms with Crippen molar-refractivity contribution in [1.29, 1.82) is 0 Å². The van der Waals surface area contributed by atoms with Gasteiger partial charge in [0.15, 0.2) is 5.96 Å². The lowest BCUT2D eigenvalue weighted by atomic mass is 10.0. The van der Waals surface area contributed by atoms with Crippen molar-refractivity contribution in [2.24, 2.45) is 16.5 Å². The molecular formula is C11H25N3. The molecule has 0 radical (unpaired) electrons. The molecule has 1 unspecified atom stereocenters. The molecule has 0 aliphatic carbocycles. The molecule has 0 bridgehead atoms. The Balaban J connectivity index is 3.68. The van der Waals surface area contributed by atoms with Gasteiger partial charge in [-0.3, -0.25) is 4.99 Å². The maximum atomic E-state index is 5.38. The van der Waals surface area contributed by atoms with Crippen LogP contribution in [0.3, 0.4) is 0 Å². The van der Waals surface area contributed by atoms with Gasteiger partial charge in [-0.15, -0.1) is 0 Å². The molecule has 0 saturated heterocycles. The Morgan fingerprint density at radius 3 is 2.21 bits per heavy atom. The summed E-state index contributed by atoms with van der Waals surface area (Å²) >= 11 is 0. The lowest BCUT2D eigenvalue weighted by Gasteiger charge is -2.11. The number of aliphatic imine (C=N–C) groups is 1. The van der Waals surface area contributed by atoms with Gasteiger partial charge in [0.05, 0.1) is 6.04 Å². The molecule has 0 aromatic rings. The zero-order valence-electron chi connectivity index (χ0n) is 9.63. The summed E-state index contributed by atoms with van der Waals surface area (Å²) in [5.74, 6) is 0.235. The number of rotatable bonds is 8. The molecular weight excluding hydrogens is 174 g/mol. The first-order valence-electron chi connectivity index (χ1n) is 5.79. The first-order valence-corrected chi connectivity index (χ1v) is 5.79. The van der Waals surface area contributed by atoms with Gasteiger partial charge in [0.1, 0.15) is 0 Å². The summed E-state index contributed by atoms with van der Waals surface area (Å²) < 4.78 is 0. The van der Waals surface area contributed by atoms with E-state index in [9.17, 15) is 0 Å². The zero-order valence-corrected chi connectivity index (χ0v) is 9.63. The van der Waals surface area contributed by atoms with Gasteiger partial charge in [-0.1, -0.05) is 46.0 Å². The Kier molecular flexibility index (Phi) is 8.39. The minimum Gasteiger partial charge on any atom is -0.370 e. The molecule has 0 rings (SSSR count). The Hall–Kier alpha value is -0.730. The maximum absolute atomic E-state index is 5.38. The van der Waals surface area contributed by atoms with Crippen molar-refractivity contribution in [3.8, 4) is 0 Å². The van der Waals surface area contributed by atoms with Crippen LogP contribution in [0.4, 0.5) is 0 Å². The zero-order chi connectivity index (χ0) is 10.8. The molecule has 0 amide bonds. The summed E-state index contributed by atoms with van der Waals surface area (Å²) in [5.41, 5.74) is 10.8. The van der Waals surface area contributed by atoms with Gasteiger partial charge < -0.3 is 11.5 Å². The first kappa shape index (κ1) is 13.3. The monoisotopic (exact) mass is 199 g/mol. The Labute approximate surface area is 88.0 Å². The summed E-state index contributed by atoms with van der Waals surface area (Å²) in [7, 11) is 0. The molecule has 14 heavy (non-hydrogen) atoms. The summed E-state index contributed by atoms with van der Waals surface area (Å²) in [6.45, 7) is 4.39. The van der Waals surface area contributed by atoms with Crippen LogP contribution in [0, 0.1) is 0 Å². The van der Waals surface area contributed by atoms with E-state index in [1.807, 2.05) is 0 Å². The fourth-order valence-electron chi connectivity index (χ4n) is 1.62. The highest BCUT2D eigenvalue weighted by Crippen LogP contribution is 2.12. The van der Waals surface area contributed by atoms with Crippen molar-refractivity contribution < 1.29 is 0 Å². The van der Waals surface area contributed by atoms with Gasteiger partial charge in [0, 0.05) is 0 Å². The molecule has 4 N–H and O–H groups in total. The second-order valence-corrected chi connectivity index (χ2v) is 3.85. The Bertz CT molecular complexity index is 151. The Morgan fingerprint density at radius 2 is 1.71 bits per heavy atom. The number of nitrogens with zero attached hydrogens (tertiary/aromatic N) is 1. The lowest BCUT2D eigenvalue weighted by Crippen LogP contribution is -2.25. The van der Waals surface area contributed by atoms with E-state index < -0.39 is 0 Å². The van der Waals surface area contributed by atoms with Crippen LogP contribution >= 0.6 is 0 Å². The van der Waals surface area contributed by atoms with Crippen molar-refractivity contribution in [2.75, 3.05) is 0 Å². The molecule has 0 fully saturated rings. The van der Waals surface area contributed by atoms with E-state index in [0.29, 0.717) is 6.04 Å². The van der Waals surface area contributed by atoms with Crippen LogP contribution in [0.5, 0.6) is 0 Å². The first-order chi connectivity index (χ1) is 6.70. The van der Waals surface area contributed by atoms with E-state index in [2.05, 4.69) is 18.8 Å². The quantitative estimate of drug-likeness (QED) is 0.358.